The molecule has 0 spiro atoms. The van der Waals surface area contributed by atoms with Gasteiger partial charge in [0.15, 0.2) is 0 Å². The quantitative estimate of drug-likeness (QED) is 0.325. The maximum absolute atomic E-state index is 12.9. The van der Waals surface area contributed by atoms with Crippen molar-refractivity contribution in [3.05, 3.63) is 73.7 Å². The van der Waals surface area contributed by atoms with Crippen molar-refractivity contribution in [1.29, 1.82) is 0 Å². The van der Waals surface area contributed by atoms with Gasteiger partial charge in [-0.25, -0.2) is 0 Å². The summed E-state index contributed by atoms with van der Waals surface area (Å²) in [7, 11) is 1.51. The van der Waals surface area contributed by atoms with Crippen molar-refractivity contribution < 1.29 is 19.1 Å². The van der Waals surface area contributed by atoms with Crippen LogP contribution in [0, 0.1) is 0 Å². The van der Waals surface area contributed by atoms with Crippen molar-refractivity contribution in [3.8, 4) is 0 Å². The topological polar surface area (TPSA) is 96.4 Å². The molecule has 1 aromatic heterocycles. The van der Waals surface area contributed by atoms with E-state index in [0.717, 1.165) is 31.5 Å². The van der Waals surface area contributed by atoms with E-state index in [1.54, 1.807) is 4.90 Å². The Balaban J connectivity index is 1.58. The summed E-state index contributed by atoms with van der Waals surface area (Å²) in [6.45, 7) is 6.09. The van der Waals surface area contributed by atoms with Crippen LogP contribution in [0.4, 0.5) is 4.79 Å². The number of alkyl halides is 1. The fraction of sp³-hybridized carbons (Fsp3) is 0.400. The first kappa shape index (κ1) is 29.7. The number of fused-ring (bicyclic) bond motifs is 2. The monoisotopic (exact) mass is 691 g/mol. The Morgan fingerprint density at radius 1 is 1.20 bits per heavy atom. The normalized spacial score (nSPS) is 20.1. The van der Waals surface area contributed by atoms with Crippen LogP contribution in [0.5, 0.6) is 0 Å². The first-order valence-corrected chi connectivity index (χ1v) is 18.4. The molecule has 3 heterocycles. The molecule has 11 heteroatoms. The molecule has 41 heavy (non-hydrogen) atoms. The van der Waals surface area contributed by atoms with Crippen LogP contribution in [-0.4, -0.2) is 88.0 Å². The van der Waals surface area contributed by atoms with Crippen LogP contribution in [0.25, 0.3) is 11.6 Å². The van der Waals surface area contributed by atoms with Crippen molar-refractivity contribution in [1.82, 2.24) is 20.1 Å². The van der Waals surface area contributed by atoms with E-state index >= 15 is 0 Å². The zero-order valence-electron chi connectivity index (χ0n) is 23.6. The molecule has 9 nitrogen and oxygen atoms in total. The summed E-state index contributed by atoms with van der Waals surface area (Å²) in [6, 6.07) is 9.39. The van der Waals surface area contributed by atoms with E-state index in [1.807, 2.05) is 48.7 Å². The van der Waals surface area contributed by atoms with Crippen LogP contribution in [0.3, 0.4) is 0 Å². The number of rotatable bonds is 7. The third-order valence-corrected chi connectivity index (χ3v) is 11.5. The number of carbonyl (C=O) groups excluding carboxylic acids is 2. The Hall–Kier alpha value is -2.80. The van der Waals surface area contributed by atoms with Gasteiger partial charge in [-0.2, -0.15) is 0 Å². The van der Waals surface area contributed by atoms with E-state index in [0.29, 0.717) is 31.2 Å². The van der Waals surface area contributed by atoms with Crippen molar-refractivity contribution >= 4 is 59.3 Å². The Labute approximate surface area is 253 Å². The van der Waals surface area contributed by atoms with Gasteiger partial charge in [0.1, 0.15) is 0 Å². The summed E-state index contributed by atoms with van der Waals surface area (Å²) >= 11 is 4.93. The summed E-state index contributed by atoms with van der Waals surface area (Å²) in [5.74, 6) is -0.198. The number of hydrogen-bond acceptors (Lipinski definition) is 7. The molecule has 1 aliphatic carbocycles. The first-order valence-electron chi connectivity index (χ1n) is 13.5. The van der Waals surface area contributed by atoms with Crippen molar-refractivity contribution in [3.63, 3.8) is 0 Å². The van der Waals surface area contributed by atoms with E-state index in [9.17, 15) is 9.59 Å². The van der Waals surface area contributed by atoms with Gasteiger partial charge in [0.2, 0.25) is 0 Å². The average Bonchev–Trinajstić information content (AvgIpc) is 3.31. The Bertz CT molecular complexity index is 1400. The number of nitrogens with zero attached hydrogens (tertiary/aromatic N) is 4. The zero-order chi connectivity index (χ0) is 29.1. The van der Waals surface area contributed by atoms with E-state index in [4.69, 9.17) is 26.1 Å². The number of benzene rings is 1. The number of carbonyl (C=O) groups is 2. The number of nitrogens with one attached hydrogen (secondary N) is 1. The number of halogens is 2. The van der Waals surface area contributed by atoms with Gasteiger partial charge in [-0.1, -0.05) is 0 Å². The second-order valence-electron chi connectivity index (χ2n) is 10.4. The SMILES string of the molecule is COCC(=O)N[C@H](C1=Cc2cccnc2[C@@H](N2CCN(C(=O)OC(C)C)CC2)c2ccc(Cl)cc21)C1=CN=CI1C. The molecular weight excluding hydrogens is 657 g/mol. The number of aliphatic imine (C=N–C) groups is 1. The zero-order valence-corrected chi connectivity index (χ0v) is 26.6. The summed E-state index contributed by atoms with van der Waals surface area (Å²) in [5, 5.41) is 3.84. The average molecular weight is 692 g/mol. The number of hydrogen-bond donors (Lipinski definition) is 1. The second kappa shape index (κ2) is 13.0. The molecule has 0 saturated carbocycles. The van der Waals surface area contributed by atoms with Crippen LogP contribution in [0.1, 0.15) is 42.3 Å². The fourth-order valence-electron chi connectivity index (χ4n) is 5.43. The van der Waals surface area contributed by atoms with Crippen LogP contribution < -0.4 is 5.32 Å². The van der Waals surface area contributed by atoms with E-state index in [2.05, 4.69) is 38.3 Å². The minimum atomic E-state index is -1.70. The third kappa shape index (κ3) is 6.50. The van der Waals surface area contributed by atoms with Crippen LogP contribution in [0.15, 0.2) is 51.3 Å². The summed E-state index contributed by atoms with van der Waals surface area (Å²) in [5.41, 5.74) is 4.86. The molecule has 2 aromatic rings. The molecule has 2 amide bonds. The fourth-order valence-corrected chi connectivity index (χ4v) is 8.64. The van der Waals surface area contributed by atoms with Gasteiger partial charge in [0.25, 0.3) is 0 Å². The van der Waals surface area contributed by atoms with Gasteiger partial charge in [-0.05, 0) is 13.8 Å². The molecule has 0 radical (unpaired) electrons. The summed E-state index contributed by atoms with van der Waals surface area (Å²) in [6.07, 6.45) is 5.40. The predicted octanol–water partition coefficient (Wildman–Crippen LogP) is 4.99. The molecular formula is C30H35ClIN5O4. The van der Waals surface area contributed by atoms with Gasteiger partial charge < -0.3 is 0 Å². The third-order valence-electron chi connectivity index (χ3n) is 7.25. The van der Waals surface area contributed by atoms with Crippen LogP contribution in [-0.2, 0) is 14.3 Å². The number of methoxy groups -OCH3 is 1. The summed E-state index contributed by atoms with van der Waals surface area (Å²) < 4.78 is 13.8. The van der Waals surface area contributed by atoms with Gasteiger partial charge in [0.05, 0.1) is 6.10 Å². The molecule has 1 fully saturated rings. The number of pyridine rings is 1. The molecule has 3 aliphatic rings. The molecule has 2 atom stereocenters. The first-order chi connectivity index (χ1) is 19.8. The second-order valence-corrected chi connectivity index (χ2v) is 15.6. The molecule has 1 N–H and O–H groups in total. The maximum atomic E-state index is 12.9. The number of amides is 2. The molecule has 2 aliphatic heterocycles. The molecule has 0 bridgehead atoms. The van der Waals surface area contributed by atoms with Gasteiger partial charge in [0, 0.05) is 0 Å². The standard InChI is InChI=1S/C30H35ClIN5O4/c1-19(2)41-30(39)37-12-10-36(11-13-37)29-22-8-7-21(31)15-23(22)24(14-20-6-5-9-34-27(20)29)28(35-26(38)17-40-4)25-16-33-18-32(25)3/h5-9,14-16,18-19,28-29H,10-13,17H2,1-4H3,(H,35,38)/t28-,29+/m1/s1. The van der Waals surface area contributed by atoms with E-state index in [-0.39, 0.29) is 36.8 Å². The molecule has 1 aromatic carbocycles. The van der Waals surface area contributed by atoms with E-state index < -0.39 is 19.8 Å². The molecule has 0 unspecified atom stereocenters. The molecule has 1 saturated heterocycles. The summed E-state index contributed by atoms with van der Waals surface area (Å²) in [4.78, 5) is 41.2. The van der Waals surface area contributed by atoms with Crippen molar-refractivity contribution in [2.24, 2.45) is 4.99 Å². The minimum absolute atomic E-state index is 0.0392. The predicted molar refractivity (Wildman–Crippen MR) is 170 cm³/mol. The Morgan fingerprint density at radius 3 is 2.66 bits per heavy atom. The van der Waals surface area contributed by atoms with Gasteiger partial charge in [-0.3, -0.25) is 0 Å². The van der Waals surface area contributed by atoms with Gasteiger partial charge in [-0.15, -0.1) is 0 Å². The number of ether oxygens (including phenoxy) is 2. The Kier molecular flexibility index (Phi) is 9.42. The number of aromatic nitrogens is 1. The molecule has 5 rings (SSSR count). The van der Waals surface area contributed by atoms with Gasteiger partial charge >= 0.3 is 234 Å². The van der Waals surface area contributed by atoms with Crippen LogP contribution in [0.2, 0.25) is 5.02 Å². The van der Waals surface area contributed by atoms with Crippen LogP contribution >= 0.6 is 31.4 Å². The Morgan fingerprint density at radius 2 is 1.98 bits per heavy atom. The van der Waals surface area contributed by atoms with E-state index in [1.165, 1.54) is 7.11 Å². The van der Waals surface area contributed by atoms with Crippen molar-refractivity contribution in [2.75, 3.05) is 44.8 Å². The number of piperazine rings is 1. The molecule has 218 valence electrons. The van der Waals surface area contributed by atoms with Crippen molar-refractivity contribution in [2.45, 2.75) is 32.0 Å².